The molecule has 0 spiro atoms. The van der Waals surface area contributed by atoms with Gasteiger partial charge in [0.1, 0.15) is 6.04 Å². The first-order chi connectivity index (χ1) is 10.1. The molecule has 21 heavy (non-hydrogen) atoms. The lowest BCUT2D eigenvalue weighted by atomic mass is 10.1. The summed E-state index contributed by atoms with van der Waals surface area (Å²) in [5.41, 5.74) is 2.36. The maximum Gasteiger partial charge on any atom is 0.326 e. The number of carbonyl (C=O) groups is 2. The van der Waals surface area contributed by atoms with Crippen LogP contribution in [-0.4, -0.2) is 47.1 Å². The second kappa shape index (κ2) is 5.39. The van der Waals surface area contributed by atoms with Gasteiger partial charge < -0.3 is 14.9 Å². The van der Waals surface area contributed by atoms with Crippen LogP contribution in [-0.2, 0) is 16.0 Å². The molecule has 2 unspecified atom stereocenters. The van der Waals surface area contributed by atoms with Gasteiger partial charge in [0.05, 0.1) is 6.54 Å². The van der Waals surface area contributed by atoms with Gasteiger partial charge in [-0.25, -0.2) is 4.79 Å². The molecule has 0 aromatic heterocycles. The molecular formula is C16H20N2O3. The minimum absolute atomic E-state index is 0.0801. The molecule has 1 aromatic rings. The van der Waals surface area contributed by atoms with E-state index in [1.807, 2.05) is 18.2 Å². The zero-order valence-electron chi connectivity index (χ0n) is 12.2. The Balaban J connectivity index is 1.75. The molecule has 5 nitrogen and oxygen atoms in total. The Morgan fingerprint density at radius 1 is 1.33 bits per heavy atom. The molecule has 1 fully saturated rings. The molecule has 0 saturated carbocycles. The number of para-hydroxylation sites is 1. The number of likely N-dealkylation sites (tertiary alicyclic amines) is 1. The smallest absolute Gasteiger partial charge is 0.326 e. The van der Waals surface area contributed by atoms with Crippen molar-refractivity contribution in [1.82, 2.24) is 4.90 Å². The lowest BCUT2D eigenvalue weighted by Crippen LogP contribution is -2.46. The van der Waals surface area contributed by atoms with E-state index in [4.69, 9.17) is 0 Å². The number of hydrogen-bond donors (Lipinski definition) is 1. The molecule has 1 amide bonds. The Bertz CT molecular complexity index is 572. The zero-order chi connectivity index (χ0) is 15.0. The van der Waals surface area contributed by atoms with Gasteiger partial charge in [-0.1, -0.05) is 18.2 Å². The van der Waals surface area contributed by atoms with Crippen LogP contribution in [0.5, 0.6) is 0 Å². The number of carbonyl (C=O) groups excluding carboxylic acids is 1. The molecule has 0 aliphatic carbocycles. The lowest BCUT2D eigenvalue weighted by Gasteiger charge is -2.28. The molecule has 2 aliphatic heterocycles. The normalized spacial score (nSPS) is 24.2. The number of benzene rings is 1. The third-order valence-electron chi connectivity index (χ3n) is 4.51. The van der Waals surface area contributed by atoms with E-state index in [1.54, 1.807) is 0 Å². The van der Waals surface area contributed by atoms with Crippen LogP contribution in [0.2, 0.25) is 0 Å². The Morgan fingerprint density at radius 2 is 2.10 bits per heavy atom. The molecule has 5 heteroatoms. The van der Waals surface area contributed by atoms with Crippen molar-refractivity contribution in [2.75, 3.05) is 18.0 Å². The number of carboxylic acids is 1. The first-order valence-electron chi connectivity index (χ1n) is 7.44. The Hall–Kier alpha value is -2.04. The van der Waals surface area contributed by atoms with Crippen molar-refractivity contribution in [3.8, 4) is 0 Å². The van der Waals surface area contributed by atoms with Crippen LogP contribution >= 0.6 is 0 Å². The van der Waals surface area contributed by atoms with Crippen LogP contribution in [0, 0.1) is 0 Å². The third kappa shape index (κ3) is 2.48. The fourth-order valence-electron chi connectivity index (χ4n) is 3.43. The van der Waals surface area contributed by atoms with Crippen molar-refractivity contribution >= 4 is 17.6 Å². The molecule has 2 heterocycles. The maximum absolute atomic E-state index is 12.5. The molecule has 112 valence electrons. The lowest BCUT2D eigenvalue weighted by molar-refractivity contribution is -0.147. The van der Waals surface area contributed by atoms with Crippen molar-refractivity contribution in [1.29, 1.82) is 0 Å². The minimum Gasteiger partial charge on any atom is -0.480 e. The second-order valence-electron chi connectivity index (χ2n) is 5.89. The summed E-state index contributed by atoms with van der Waals surface area (Å²) in [6.45, 7) is 2.92. The minimum atomic E-state index is -0.893. The number of amides is 1. The Kier molecular flexibility index (Phi) is 3.57. The summed E-state index contributed by atoms with van der Waals surface area (Å²) in [7, 11) is 0. The van der Waals surface area contributed by atoms with Gasteiger partial charge in [0.25, 0.3) is 0 Å². The molecule has 1 aromatic carbocycles. The summed E-state index contributed by atoms with van der Waals surface area (Å²) in [6, 6.07) is 7.74. The molecule has 2 atom stereocenters. The monoisotopic (exact) mass is 288 g/mol. The van der Waals surface area contributed by atoms with Gasteiger partial charge in [-0.2, -0.15) is 0 Å². The number of rotatable bonds is 3. The van der Waals surface area contributed by atoms with Crippen molar-refractivity contribution in [3.05, 3.63) is 29.8 Å². The van der Waals surface area contributed by atoms with Crippen LogP contribution < -0.4 is 4.90 Å². The molecule has 1 N–H and O–H groups in total. The molecular weight excluding hydrogens is 268 g/mol. The average molecular weight is 288 g/mol. The topological polar surface area (TPSA) is 60.9 Å². The predicted molar refractivity (Wildman–Crippen MR) is 79.3 cm³/mol. The average Bonchev–Trinajstić information content (AvgIpc) is 3.04. The number of carboxylic acid groups (broad SMARTS) is 1. The van der Waals surface area contributed by atoms with Gasteiger partial charge >= 0.3 is 5.97 Å². The fraction of sp³-hybridized carbons (Fsp3) is 0.500. The first kappa shape index (κ1) is 13.9. The Labute approximate surface area is 124 Å². The van der Waals surface area contributed by atoms with Crippen LogP contribution in [0.25, 0.3) is 0 Å². The highest BCUT2D eigenvalue weighted by molar-refractivity contribution is 5.87. The van der Waals surface area contributed by atoms with E-state index in [1.165, 1.54) is 10.5 Å². The van der Waals surface area contributed by atoms with Gasteiger partial charge in [-0.3, -0.25) is 4.79 Å². The van der Waals surface area contributed by atoms with Gasteiger partial charge in [-0.05, 0) is 37.8 Å². The summed E-state index contributed by atoms with van der Waals surface area (Å²) < 4.78 is 0. The Morgan fingerprint density at radius 3 is 2.86 bits per heavy atom. The van der Waals surface area contributed by atoms with E-state index >= 15 is 0 Å². The summed E-state index contributed by atoms with van der Waals surface area (Å²) in [4.78, 5) is 27.3. The van der Waals surface area contributed by atoms with E-state index in [0.29, 0.717) is 13.0 Å². The van der Waals surface area contributed by atoms with Crippen LogP contribution in [0.4, 0.5) is 5.69 Å². The quantitative estimate of drug-likeness (QED) is 0.916. The number of anilines is 1. The van der Waals surface area contributed by atoms with Crippen molar-refractivity contribution in [2.24, 2.45) is 0 Å². The highest BCUT2D eigenvalue weighted by Crippen LogP contribution is 2.32. The van der Waals surface area contributed by atoms with Crippen molar-refractivity contribution < 1.29 is 14.7 Å². The van der Waals surface area contributed by atoms with Gasteiger partial charge in [0.2, 0.25) is 5.91 Å². The van der Waals surface area contributed by atoms with E-state index in [0.717, 1.165) is 18.5 Å². The number of aliphatic carboxylic acids is 1. The summed E-state index contributed by atoms with van der Waals surface area (Å²) in [5.74, 6) is -0.973. The van der Waals surface area contributed by atoms with E-state index in [2.05, 4.69) is 17.9 Å². The van der Waals surface area contributed by atoms with E-state index < -0.39 is 12.0 Å². The highest BCUT2D eigenvalue weighted by atomic mass is 16.4. The van der Waals surface area contributed by atoms with Gasteiger partial charge in [0, 0.05) is 18.3 Å². The molecule has 2 aliphatic rings. The van der Waals surface area contributed by atoms with Crippen molar-refractivity contribution in [2.45, 2.75) is 38.3 Å². The van der Waals surface area contributed by atoms with Gasteiger partial charge in [-0.15, -0.1) is 0 Å². The summed E-state index contributed by atoms with van der Waals surface area (Å²) in [6.07, 6.45) is 2.27. The number of hydrogen-bond acceptors (Lipinski definition) is 3. The largest absolute Gasteiger partial charge is 0.480 e. The van der Waals surface area contributed by atoms with Gasteiger partial charge in [0.15, 0.2) is 0 Å². The first-order valence-corrected chi connectivity index (χ1v) is 7.44. The second-order valence-corrected chi connectivity index (χ2v) is 5.89. The molecule has 0 radical (unpaired) electrons. The van der Waals surface area contributed by atoms with E-state index in [-0.39, 0.29) is 18.5 Å². The highest BCUT2D eigenvalue weighted by Gasteiger charge is 2.36. The molecule has 0 bridgehead atoms. The van der Waals surface area contributed by atoms with Crippen LogP contribution in [0.3, 0.4) is 0 Å². The van der Waals surface area contributed by atoms with Crippen LogP contribution in [0.1, 0.15) is 25.3 Å². The van der Waals surface area contributed by atoms with Crippen molar-refractivity contribution in [3.63, 3.8) is 0 Å². The standard InChI is InChI=1S/C16H20N2O3/c1-11-9-12-5-2-3-6-13(12)18(11)10-15(19)17-8-4-7-14(17)16(20)21/h2-3,5-6,11,14H,4,7-10H2,1H3,(H,20,21). The predicted octanol–water partition coefficient (Wildman–Crippen LogP) is 1.51. The third-order valence-corrected chi connectivity index (χ3v) is 4.51. The number of nitrogens with zero attached hydrogens (tertiary/aromatic N) is 2. The molecule has 3 rings (SSSR count). The fourth-order valence-corrected chi connectivity index (χ4v) is 3.43. The summed E-state index contributed by atoms with van der Waals surface area (Å²) in [5, 5.41) is 9.20. The summed E-state index contributed by atoms with van der Waals surface area (Å²) >= 11 is 0. The maximum atomic E-state index is 12.5. The van der Waals surface area contributed by atoms with Crippen LogP contribution in [0.15, 0.2) is 24.3 Å². The zero-order valence-corrected chi connectivity index (χ0v) is 12.2. The molecule has 1 saturated heterocycles. The number of fused-ring (bicyclic) bond motifs is 1. The van der Waals surface area contributed by atoms with E-state index in [9.17, 15) is 14.7 Å². The SMILES string of the molecule is CC1Cc2ccccc2N1CC(=O)N1CCCC1C(=O)O.